The minimum Gasteiger partial charge on any atom is -0.320 e. The number of hydrogen-bond donors (Lipinski definition) is 2. The third-order valence-corrected chi connectivity index (χ3v) is 5.64. The van der Waals surface area contributed by atoms with E-state index in [-0.39, 0.29) is 11.9 Å². The summed E-state index contributed by atoms with van der Waals surface area (Å²) in [6.07, 6.45) is 5.39. The fraction of sp³-hybridized carbons (Fsp3) is 0.320. The molecule has 166 valence electrons. The molecule has 0 unspecified atom stereocenters. The summed E-state index contributed by atoms with van der Waals surface area (Å²) >= 11 is 0. The Morgan fingerprint density at radius 3 is 2.50 bits per heavy atom. The van der Waals surface area contributed by atoms with Crippen LogP contribution in [0.3, 0.4) is 0 Å². The number of amides is 3. The van der Waals surface area contributed by atoms with Gasteiger partial charge in [-0.25, -0.2) is 4.79 Å². The molecule has 0 bridgehead atoms. The summed E-state index contributed by atoms with van der Waals surface area (Å²) in [4.78, 5) is 27.0. The fourth-order valence-electron chi connectivity index (χ4n) is 3.72. The predicted molar refractivity (Wildman–Crippen MR) is 126 cm³/mol. The summed E-state index contributed by atoms with van der Waals surface area (Å²) in [5, 5.41) is 10.1. The fourth-order valence-corrected chi connectivity index (χ4v) is 3.72. The van der Waals surface area contributed by atoms with Crippen LogP contribution >= 0.6 is 0 Å². The van der Waals surface area contributed by atoms with E-state index in [2.05, 4.69) is 41.7 Å². The lowest BCUT2D eigenvalue weighted by Gasteiger charge is -2.29. The molecule has 7 nitrogen and oxygen atoms in total. The highest BCUT2D eigenvalue weighted by Gasteiger charge is 2.20. The molecule has 3 amide bonds. The highest BCUT2D eigenvalue weighted by Crippen LogP contribution is 2.20. The van der Waals surface area contributed by atoms with E-state index >= 15 is 0 Å². The predicted octanol–water partition coefficient (Wildman–Crippen LogP) is 4.77. The molecule has 2 aromatic carbocycles. The molecule has 1 aliphatic rings. The zero-order chi connectivity index (χ0) is 22.5. The van der Waals surface area contributed by atoms with Crippen molar-refractivity contribution < 1.29 is 9.59 Å². The number of nitrogens with zero attached hydrogens (tertiary/aromatic N) is 3. The smallest absolute Gasteiger partial charge is 0.320 e. The van der Waals surface area contributed by atoms with Crippen LogP contribution in [0.5, 0.6) is 0 Å². The maximum atomic E-state index is 12.7. The largest absolute Gasteiger partial charge is 0.322 e. The lowest BCUT2D eigenvalue weighted by molar-refractivity contribution is 0.102. The Bertz CT molecular complexity index is 1090. The molecule has 32 heavy (non-hydrogen) atoms. The molecular formula is C25H29N5O2. The van der Waals surface area contributed by atoms with Crippen LogP contribution in [-0.2, 0) is 19.5 Å². The summed E-state index contributed by atoms with van der Waals surface area (Å²) in [6.45, 7) is 6.46. The summed E-state index contributed by atoms with van der Waals surface area (Å²) < 4.78 is 1.84. The molecule has 0 atom stereocenters. The van der Waals surface area contributed by atoms with Crippen molar-refractivity contribution in [1.82, 2.24) is 14.7 Å². The summed E-state index contributed by atoms with van der Waals surface area (Å²) in [6, 6.07) is 15.0. The maximum absolute atomic E-state index is 12.7. The monoisotopic (exact) mass is 431 g/mol. The van der Waals surface area contributed by atoms with Gasteiger partial charge in [0.1, 0.15) is 0 Å². The van der Waals surface area contributed by atoms with Crippen molar-refractivity contribution in [1.29, 1.82) is 0 Å². The van der Waals surface area contributed by atoms with Crippen molar-refractivity contribution in [2.75, 3.05) is 17.2 Å². The first-order valence-electron chi connectivity index (χ1n) is 11.0. The number of aryl methyl sites for hydroxylation is 1. The van der Waals surface area contributed by atoms with Gasteiger partial charge in [-0.2, -0.15) is 5.10 Å². The Morgan fingerprint density at radius 2 is 1.75 bits per heavy atom. The third kappa shape index (κ3) is 5.35. The highest BCUT2D eigenvalue weighted by molar-refractivity contribution is 6.04. The number of nitrogens with one attached hydrogen (secondary N) is 2. The van der Waals surface area contributed by atoms with Crippen molar-refractivity contribution in [3.8, 4) is 0 Å². The molecule has 1 aromatic heterocycles. The number of urea groups is 1. The first-order valence-corrected chi connectivity index (χ1v) is 11.0. The Balaban J connectivity index is 1.31. The molecular weight excluding hydrogens is 402 g/mol. The lowest BCUT2D eigenvalue weighted by atomic mass is 10.0. The molecule has 1 aliphatic heterocycles. The quantitative estimate of drug-likeness (QED) is 0.590. The normalized spacial score (nSPS) is 13.0. The van der Waals surface area contributed by atoms with E-state index in [1.807, 2.05) is 23.0 Å². The Hall–Kier alpha value is -3.61. The molecule has 0 fully saturated rings. The van der Waals surface area contributed by atoms with Gasteiger partial charge in [0.25, 0.3) is 5.91 Å². The second-order valence-corrected chi connectivity index (χ2v) is 8.58. The summed E-state index contributed by atoms with van der Waals surface area (Å²) in [7, 11) is 0. The highest BCUT2D eigenvalue weighted by atomic mass is 16.2. The van der Waals surface area contributed by atoms with E-state index in [0.717, 1.165) is 19.4 Å². The molecule has 2 heterocycles. The van der Waals surface area contributed by atoms with Gasteiger partial charge in [0.05, 0.1) is 11.9 Å². The third-order valence-electron chi connectivity index (χ3n) is 5.64. The maximum Gasteiger partial charge on any atom is 0.322 e. The van der Waals surface area contributed by atoms with E-state index in [9.17, 15) is 9.59 Å². The van der Waals surface area contributed by atoms with Gasteiger partial charge < -0.3 is 15.5 Å². The van der Waals surface area contributed by atoms with Crippen molar-refractivity contribution in [2.24, 2.45) is 5.92 Å². The zero-order valence-electron chi connectivity index (χ0n) is 18.5. The van der Waals surface area contributed by atoms with Crippen molar-refractivity contribution in [2.45, 2.75) is 39.8 Å². The Morgan fingerprint density at radius 1 is 1.00 bits per heavy atom. The van der Waals surface area contributed by atoms with Gasteiger partial charge >= 0.3 is 6.03 Å². The van der Waals surface area contributed by atoms with Gasteiger partial charge in [0.2, 0.25) is 0 Å². The number of fused-ring (bicyclic) bond motifs is 1. The number of aromatic nitrogens is 2. The van der Waals surface area contributed by atoms with Crippen LogP contribution in [-0.4, -0.2) is 33.2 Å². The minimum absolute atomic E-state index is 0.134. The number of rotatable bonds is 6. The van der Waals surface area contributed by atoms with Crippen molar-refractivity contribution >= 4 is 23.3 Å². The number of benzene rings is 2. The topological polar surface area (TPSA) is 79.3 Å². The Kier molecular flexibility index (Phi) is 6.54. The number of carbonyl (C=O) groups is 2. The number of hydrogen-bond acceptors (Lipinski definition) is 3. The van der Waals surface area contributed by atoms with Gasteiger partial charge in [-0.1, -0.05) is 38.1 Å². The van der Waals surface area contributed by atoms with E-state index in [1.54, 1.807) is 35.4 Å². The summed E-state index contributed by atoms with van der Waals surface area (Å²) in [5.41, 5.74) is 4.34. The van der Waals surface area contributed by atoms with Crippen molar-refractivity contribution in [3.05, 3.63) is 77.6 Å². The van der Waals surface area contributed by atoms with Crippen molar-refractivity contribution in [3.63, 3.8) is 0 Å². The zero-order valence-corrected chi connectivity index (χ0v) is 18.5. The van der Waals surface area contributed by atoms with Crippen LogP contribution < -0.4 is 10.6 Å². The molecule has 0 spiro atoms. The molecule has 0 saturated carbocycles. The van der Waals surface area contributed by atoms with Crippen LogP contribution in [0.4, 0.5) is 16.2 Å². The second kappa shape index (κ2) is 9.68. The molecule has 0 radical (unpaired) electrons. The molecule has 7 heteroatoms. The average molecular weight is 432 g/mol. The van der Waals surface area contributed by atoms with E-state index < -0.39 is 0 Å². The van der Waals surface area contributed by atoms with Crippen LogP contribution in [0.15, 0.2) is 60.9 Å². The van der Waals surface area contributed by atoms with Gasteiger partial charge in [0.15, 0.2) is 0 Å². The van der Waals surface area contributed by atoms with Gasteiger partial charge in [-0.15, -0.1) is 0 Å². The molecule has 0 aliphatic carbocycles. The van der Waals surface area contributed by atoms with Gasteiger partial charge in [-0.3, -0.25) is 9.48 Å². The first-order chi connectivity index (χ1) is 15.5. The van der Waals surface area contributed by atoms with Gasteiger partial charge in [0, 0.05) is 37.1 Å². The van der Waals surface area contributed by atoms with E-state index in [1.165, 1.54) is 11.1 Å². The Labute approximate surface area is 188 Å². The number of anilines is 2. The van der Waals surface area contributed by atoms with E-state index in [4.69, 9.17) is 0 Å². The summed E-state index contributed by atoms with van der Waals surface area (Å²) in [5.74, 6) is 0.390. The lowest BCUT2D eigenvalue weighted by Crippen LogP contribution is -2.38. The second-order valence-electron chi connectivity index (χ2n) is 8.58. The minimum atomic E-state index is -0.209. The molecule has 4 rings (SSSR count). The molecule has 3 aromatic rings. The number of carbonyl (C=O) groups excluding carboxylic acids is 2. The molecule has 2 N–H and O–H groups in total. The van der Waals surface area contributed by atoms with Crippen LogP contribution in [0.1, 0.15) is 41.8 Å². The standard InChI is InChI=1S/C25H29N5O2/c1-18(2)11-14-30-17-23(15-26-30)27-24(31)20-7-9-22(10-8-20)28-25(32)29-13-12-19-5-3-4-6-21(19)16-29/h3-10,15,17-18H,11-14,16H2,1-2H3,(H,27,31)(H,28,32). The van der Waals surface area contributed by atoms with Crippen LogP contribution in [0.2, 0.25) is 0 Å². The van der Waals surface area contributed by atoms with E-state index in [0.29, 0.717) is 35.9 Å². The van der Waals surface area contributed by atoms with Crippen LogP contribution in [0.25, 0.3) is 0 Å². The van der Waals surface area contributed by atoms with Gasteiger partial charge in [-0.05, 0) is 54.2 Å². The SMILES string of the molecule is CC(C)CCn1cc(NC(=O)c2ccc(NC(=O)N3CCc4ccccc4C3)cc2)cn1. The van der Waals surface area contributed by atoms with Crippen LogP contribution in [0, 0.1) is 5.92 Å². The molecule has 0 saturated heterocycles. The first kappa shape index (κ1) is 21.6. The average Bonchev–Trinajstić information content (AvgIpc) is 3.25.